The Labute approximate surface area is 136 Å². The van der Waals surface area contributed by atoms with E-state index in [0.29, 0.717) is 21.6 Å². The van der Waals surface area contributed by atoms with Crippen LogP contribution < -0.4 is 10.9 Å². The molecule has 114 valence electrons. The van der Waals surface area contributed by atoms with Crippen LogP contribution in [0.1, 0.15) is 18.0 Å². The van der Waals surface area contributed by atoms with Crippen molar-refractivity contribution < 1.29 is 4.79 Å². The fourth-order valence-electron chi connectivity index (χ4n) is 2.40. The van der Waals surface area contributed by atoms with Gasteiger partial charge in [0.1, 0.15) is 0 Å². The van der Waals surface area contributed by atoms with Crippen LogP contribution in [-0.4, -0.2) is 21.2 Å². The quantitative estimate of drug-likeness (QED) is 0.876. The van der Waals surface area contributed by atoms with Gasteiger partial charge in [0.25, 0.3) is 5.56 Å². The molecule has 1 unspecified atom stereocenters. The zero-order valence-corrected chi connectivity index (χ0v) is 13.4. The van der Waals surface area contributed by atoms with Crippen LogP contribution in [0.15, 0.2) is 40.4 Å². The molecule has 0 spiro atoms. The molecule has 1 aliphatic rings. The number of halogens is 1. The van der Waals surface area contributed by atoms with Gasteiger partial charge in [-0.05, 0) is 24.6 Å². The van der Waals surface area contributed by atoms with Gasteiger partial charge in [0.05, 0.1) is 6.04 Å². The van der Waals surface area contributed by atoms with Crippen LogP contribution in [0.25, 0.3) is 0 Å². The van der Waals surface area contributed by atoms with Gasteiger partial charge in [-0.2, -0.15) is 0 Å². The Balaban J connectivity index is 1.74. The number of carbonyl (C=O) groups excluding carboxylic acids is 1. The van der Waals surface area contributed by atoms with Crippen molar-refractivity contribution in [1.82, 2.24) is 9.55 Å². The van der Waals surface area contributed by atoms with Gasteiger partial charge in [-0.1, -0.05) is 29.4 Å². The molecule has 22 heavy (non-hydrogen) atoms. The van der Waals surface area contributed by atoms with Crippen LogP contribution in [0.5, 0.6) is 0 Å². The number of benzene rings is 1. The summed E-state index contributed by atoms with van der Waals surface area (Å²) in [5.74, 6) is 0.536. The average molecular weight is 336 g/mol. The second-order valence-electron chi connectivity index (χ2n) is 5.07. The van der Waals surface area contributed by atoms with Crippen molar-refractivity contribution in [2.75, 3.05) is 11.1 Å². The minimum Gasteiger partial charge on any atom is -0.326 e. The van der Waals surface area contributed by atoms with Gasteiger partial charge in [0.2, 0.25) is 5.91 Å². The summed E-state index contributed by atoms with van der Waals surface area (Å²) < 4.78 is 1.59. The minimum absolute atomic E-state index is 0.119. The summed E-state index contributed by atoms with van der Waals surface area (Å²) in [6.45, 7) is 1.85. The van der Waals surface area contributed by atoms with E-state index in [1.807, 2.05) is 13.0 Å². The molecule has 0 radical (unpaired) electrons. The lowest BCUT2D eigenvalue weighted by molar-refractivity contribution is -0.116. The molecule has 0 aliphatic carbocycles. The maximum absolute atomic E-state index is 12.3. The molecule has 0 saturated carbocycles. The minimum atomic E-state index is -0.166. The maximum Gasteiger partial charge on any atom is 0.254 e. The summed E-state index contributed by atoms with van der Waals surface area (Å²) in [6, 6.07) is 6.63. The molecule has 1 atom stereocenters. The third-order valence-electron chi connectivity index (χ3n) is 3.58. The van der Waals surface area contributed by atoms with Gasteiger partial charge in [0.15, 0.2) is 5.16 Å². The molecule has 1 aliphatic heterocycles. The number of fused-ring (bicyclic) bond motifs is 1. The third-order valence-corrected chi connectivity index (χ3v) is 5.10. The van der Waals surface area contributed by atoms with Crippen LogP contribution in [0.3, 0.4) is 0 Å². The molecule has 0 saturated heterocycles. The third kappa shape index (κ3) is 2.89. The van der Waals surface area contributed by atoms with E-state index in [9.17, 15) is 9.59 Å². The number of hydrogen-bond donors (Lipinski definition) is 1. The fraction of sp³-hybridized carbons (Fsp3) is 0.267. The van der Waals surface area contributed by atoms with Crippen LogP contribution in [0.2, 0.25) is 5.02 Å². The van der Waals surface area contributed by atoms with Gasteiger partial charge in [-0.25, -0.2) is 4.98 Å². The topological polar surface area (TPSA) is 64.0 Å². The van der Waals surface area contributed by atoms with Gasteiger partial charge in [0, 0.05) is 35.1 Å². The number of anilines is 1. The number of carbonyl (C=O) groups is 1. The summed E-state index contributed by atoms with van der Waals surface area (Å²) >= 11 is 7.54. The molecule has 1 amide bonds. The van der Waals surface area contributed by atoms with E-state index in [4.69, 9.17) is 11.6 Å². The summed E-state index contributed by atoms with van der Waals surface area (Å²) in [6.07, 6.45) is 1.73. The molecular formula is C15H14ClN3O2S. The van der Waals surface area contributed by atoms with E-state index < -0.39 is 0 Å². The van der Waals surface area contributed by atoms with E-state index in [1.54, 1.807) is 16.7 Å². The highest BCUT2D eigenvalue weighted by molar-refractivity contribution is 7.99. The van der Waals surface area contributed by atoms with Crippen LogP contribution >= 0.6 is 23.4 Å². The van der Waals surface area contributed by atoms with Gasteiger partial charge in [-0.3, -0.25) is 14.2 Å². The molecule has 0 fully saturated rings. The number of hydrogen-bond acceptors (Lipinski definition) is 4. The van der Waals surface area contributed by atoms with Gasteiger partial charge < -0.3 is 5.32 Å². The zero-order chi connectivity index (χ0) is 15.7. The van der Waals surface area contributed by atoms with E-state index in [-0.39, 0.29) is 23.9 Å². The average Bonchev–Trinajstić information content (AvgIpc) is 2.88. The van der Waals surface area contributed by atoms with E-state index in [2.05, 4.69) is 10.3 Å². The van der Waals surface area contributed by atoms with Crippen molar-refractivity contribution in [1.29, 1.82) is 0 Å². The van der Waals surface area contributed by atoms with Gasteiger partial charge in [-0.15, -0.1) is 0 Å². The van der Waals surface area contributed by atoms with E-state index in [1.165, 1.54) is 24.0 Å². The number of thioether (sulfide) groups is 1. The van der Waals surface area contributed by atoms with Crippen molar-refractivity contribution in [2.24, 2.45) is 0 Å². The molecule has 7 heteroatoms. The first-order chi connectivity index (χ1) is 10.6. The first kappa shape index (κ1) is 15.1. The zero-order valence-electron chi connectivity index (χ0n) is 11.9. The van der Waals surface area contributed by atoms with Gasteiger partial charge >= 0.3 is 0 Å². The molecular weight excluding hydrogens is 322 g/mol. The second-order valence-corrected chi connectivity index (χ2v) is 6.46. The highest BCUT2D eigenvalue weighted by Gasteiger charge is 2.26. The Morgan fingerprint density at radius 2 is 2.32 bits per heavy atom. The highest BCUT2D eigenvalue weighted by atomic mass is 35.5. The Kier molecular flexibility index (Phi) is 4.22. The number of amides is 1. The molecule has 5 nitrogen and oxygen atoms in total. The smallest absolute Gasteiger partial charge is 0.254 e. The second kappa shape index (κ2) is 6.14. The van der Waals surface area contributed by atoms with Crippen molar-refractivity contribution in [3.63, 3.8) is 0 Å². The first-order valence-electron chi connectivity index (χ1n) is 6.81. The predicted molar refractivity (Wildman–Crippen MR) is 87.7 cm³/mol. The molecule has 0 bridgehead atoms. The molecule has 2 heterocycles. The molecule has 3 rings (SSSR count). The number of nitrogens with zero attached hydrogens (tertiary/aromatic N) is 2. The number of aromatic nitrogens is 2. The normalized spacial score (nSPS) is 16.4. The van der Waals surface area contributed by atoms with Crippen molar-refractivity contribution >= 4 is 35.0 Å². The fourth-order valence-corrected chi connectivity index (χ4v) is 3.69. The number of nitrogens with one attached hydrogen (secondary N) is 1. The van der Waals surface area contributed by atoms with Crippen LogP contribution in [0, 0.1) is 6.92 Å². The van der Waals surface area contributed by atoms with E-state index in [0.717, 1.165) is 5.56 Å². The summed E-state index contributed by atoms with van der Waals surface area (Å²) in [4.78, 5) is 28.3. The van der Waals surface area contributed by atoms with Crippen molar-refractivity contribution in [3.05, 3.63) is 51.4 Å². The largest absolute Gasteiger partial charge is 0.326 e. The monoisotopic (exact) mass is 335 g/mol. The molecule has 2 aromatic rings. The summed E-state index contributed by atoms with van der Waals surface area (Å²) in [7, 11) is 0. The summed E-state index contributed by atoms with van der Waals surface area (Å²) in [5.41, 5.74) is 1.41. The highest BCUT2D eigenvalue weighted by Crippen LogP contribution is 2.32. The number of rotatable bonds is 3. The lowest BCUT2D eigenvalue weighted by Gasteiger charge is -2.14. The first-order valence-corrected chi connectivity index (χ1v) is 8.18. The Morgan fingerprint density at radius 1 is 1.50 bits per heavy atom. The molecule has 1 aromatic heterocycles. The molecule has 1 N–H and O–H groups in total. The standard InChI is InChI=1S/C15H14ClN3O2S/c1-9-11(16)3-2-4-12(9)18-13(20)7-10-8-22-15-17-6-5-14(21)19(10)15/h2-6,10H,7-8H2,1H3,(H,18,20). The van der Waals surface area contributed by atoms with Crippen molar-refractivity contribution in [2.45, 2.75) is 24.5 Å². The van der Waals surface area contributed by atoms with Crippen LogP contribution in [0.4, 0.5) is 5.69 Å². The maximum atomic E-state index is 12.3. The lowest BCUT2D eigenvalue weighted by atomic mass is 10.1. The predicted octanol–water partition coefficient (Wildman–Crippen LogP) is 2.88. The van der Waals surface area contributed by atoms with Crippen molar-refractivity contribution in [3.8, 4) is 0 Å². The Morgan fingerprint density at radius 3 is 3.14 bits per heavy atom. The lowest BCUT2D eigenvalue weighted by Crippen LogP contribution is -2.27. The van der Waals surface area contributed by atoms with Crippen LogP contribution in [-0.2, 0) is 4.79 Å². The Hall–Kier alpha value is -1.79. The SMILES string of the molecule is Cc1c(Cl)cccc1NC(=O)CC1CSc2nccc(=O)n21. The molecule has 1 aromatic carbocycles. The van der Waals surface area contributed by atoms with E-state index >= 15 is 0 Å². The Bertz CT molecular complexity index is 791. The summed E-state index contributed by atoms with van der Waals surface area (Å²) in [5, 5.41) is 4.14.